The molecule has 0 bridgehead atoms. The summed E-state index contributed by atoms with van der Waals surface area (Å²) in [5.41, 5.74) is 5.65. The number of hydrogen-bond donors (Lipinski definition) is 0. The van der Waals surface area contributed by atoms with E-state index < -0.39 is 0 Å². The first-order chi connectivity index (χ1) is 15.8. The van der Waals surface area contributed by atoms with Crippen molar-refractivity contribution in [2.75, 3.05) is 26.2 Å². The van der Waals surface area contributed by atoms with Crippen molar-refractivity contribution in [1.82, 2.24) is 19.4 Å². The average Bonchev–Trinajstić information content (AvgIpc) is 3.28. The molecule has 6 heteroatoms. The Morgan fingerprint density at radius 3 is 2.47 bits per heavy atom. The maximum Gasteiger partial charge on any atom is 0.213 e. The molecule has 0 radical (unpaired) electrons. The first-order valence-electron chi connectivity index (χ1n) is 11.1. The third kappa shape index (κ3) is 4.34. The summed E-state index contributed by atoms with van der Waals surface area (Å²) in [4.78, 5) is 11.5. The van der Waals surface area contributed by atoms with Gasteiger partial charge in [-0.25, -0.2) is 9.97 Å². The molecule has 0 amide bonds. The fourth-order valence-electron chi connectivity index (χ4n) is 4.19. The highest BCUT2D eigenvalue weighted by atomic mass is 16.5. The molecule has 2 aromatic heterocycles. The van der Waals surface area contributed by atoms with Crippen LogP contribution in [-0.2, 0) is 0 Å². The Labute approximate surface area is 187 Å². The predicted octanol–water partition coefficient (Wildman–Crippen LogP) is 4.82. The van der Waals surface area contributed by atoms with Gasteiger partial charge in [0.1, 0.15) is 12.9 Å². The second kappa shape index (κ2) is 9.21. The molecule has 1 aliphatic heterocycles. The molecule has 0 N–H and O–H groups in total. The SMILES string of the molecule is N#Cc1ccc(-n2cnc3cc(-c4ccc(OCCN5CCCCC5)nc4)ccc32)cc1. The Morgan fingerprint density at radius 2 is 1.72 bits per heavy atom. The van der Waals surface area contributed by atoms with Gasteiger partial charge in [-0.05, 0) is 74.0 Å². The monoisotopic (exact) mass is 423 g/mol. The summed E-state index contributed by atoms with van der Waals surface area (Å²) in [6, 6.07) is 19.9. The molecule has 5 rings (SSSR count). The number of pyridine rings is 1. The summed E-state index contributed by atoms with van der Waals surface area (Å²) in [6.45, 7) is 3.99. The summed E-state index contributed by atoms with van der Waals surface area (Å²) >= 11 is 0. The third-order valence-corrected chi connectivity index (χ3v) is 6.00. The largest absolute Gasteiger partial charge is 0.476 e. The van der Waals surface area contributed by atoms with Gasteiger partial charge in [-0.3, -0.25) is 9.47 Å². The molecular weight excluding hydrogens is 398 g/mol. The summed E-state index contributed by atoms with van der Waals surface area (Å²) in [7, 11) is 0. The van der Waals surface area contributed by atoms with Crippen LogP contribution >= 0.6 is 0 Å². The van der Waals surface area contributed by atoms with Gasteiger partial charge >= 0.3 is 0 Å². The Balaban J connectivity index is 1.27. The van der Waals surface area contributed by atoms with E-state index in [0.29, 0.717) is 18.1 Å². The number of piperidine rings is 1. The lowest BCUT2D eigenvalue weighted by Gasteiger charge is -2.26. The average molecular weight is 424 g/mol. The molecule has 0 unspecified atom stereocenters. The molecule has 0 saturated carbocycles. The zero-order valence-corrected chi connectivity index (χ0v) is 17.9. The summed E-state index contributed by atoms with van der Waals surface area (Å²) < 4.78 is 7.88. The number of likely N-dealkylation sites (tertiary alicyclic amines) is 1. The van der Waals surface area contributed by atoms with Crippen molar-refractivity contribution in [3.8, 4) is 28.8 Å². The quantitative estimate of drug-likeness (QED) is 0.445. The second-order valence-electron chi connectivity index (χ2n) is 8.11. The maximum atomic E-state index is 9.00. The molecule has 2 aromatic carbocycles. The van der Waals surface area contributed by atoms with Gasteiger partial charge in [0, 0.05) is 30.1 Å². The molecule has 3 heterocycles. The van der Waals surface area contributed by atoms with Crippen molar-refractivity contribution >= 4 is 11.0 Å². The Kier molecular flexibility index (Phi) is 5.82. The predicted molar refractivity (Wildman–Crippen MR) is 125 cm³/mol. The number of rotatable bonds is 6. The van der Waals surface area contributed by atoms with Gasteiger partial charge in [0.2, 0.25) is 5.88 Å². The van der Waals surface area contributed by atoms with Gasteiger partial charge in [-0.15, -0.1) is 0 Å². The van der Waals surface area contributed by atoms with E-state index in [1.54, 1.807) is 0 Å². The second-order valence-corrected chi connectivity index (χ2v) is 8.11. The number of benzene rings is 2. The van der Waals surface area contributed by atoms with Crippen LogP contribution in [0.5, 0.6) is 5.88 Å². The number of aromatic nitrogens is 3. The molecule has 0 atom stereocenters. The normalized spacial score (nSPS) is 14.3. The summed E-state index contributed by atoms with van der Waals surface area (Å²) in [6.07, 6.45) is 7.61. The molecule has 0 spiro atoms. The minimum absolute atomic E-state index is 0.645. The molecule has 4 aromatic rings. The van der Waals surface area contributed by atoms with Gasteiger partial charge in [-0.1, -0.05) is 12.5 Å². The van der Waals surface area contributed by atoms with Gasteiger partial charge in [0.05, 0.1) is 22.7 Å². The fraction of sp³-hybridized carbons (Fsp3) is 0.269. The third-order valence-electron chi connectivity index (χ3n) is 6.00. The summed E-state index contributed by atoms with van der Waals surface area (Å²) in [5.74, 6) is 0.664. The number of ether oxygens (including phenoxy) is 1. The van der Waals surface area contributed by atoms with Crippen LogP contribution in [0.4, 0.5) is 0 Å². The van der Waals surface area contributed by atoms with E-state index in [9.17, 15) is 0 Å². The molecule has 1 aliphatic rings. The lowest BCUT2D eigenvalue weighted by Crippen LogP contribution is -2.33. The first-order valence-corrected chi connectivity index (χ1v) is 11.1. The van der Waals surface area contributed by atoms with E-state index >= 15 is 0 Å². The van der Waals surface area contributed by atoms with Crippen molar-refractivity contribution in [3.05, 3.63) is 72.7 Å². The Bertz CT molecular complexity index is 1230. The Hall–Kier alpha value is -3.69. The number of hydrogen-bond acceptors (Lipinski definition) is 5. The van der Waals surface area contributed by atoms with Crippen LogP contribution in [0.25, 0.3) is 27.8 Å². The van der Waals surface area contributed by atoms with Crippen molar-refractivity contribution in [3.63, 3.8) is 0 Å². The van der Waals surface area contributed by atoms with Crippen LogP contribution in [0.1, 0.15) is 24.8 Å². The molecule has 0 aliphatic carbocycles. The standard InChI is InChI=1S/C26H25N5O/c27-17-20-4-8-23(9-5-20)31-19-29-24-16-21(6-10-25(24)31)22-7-11-26(28-18-22)32-15-14-30-12-2-1-3-13-30/h4-11,16,18-19H,1-3,12-15H2. The van der Waals surface area contributed by atoms with Gasteiger partial charge in [0.15, 0.2) is 0 Å². The number of nitrogens with zero attached hydrogens (tertiary/aromatic N) is 5. The van der Waals surface area contributed by atoms with Gasteiger partial charge < -0.3 is 4.74 Å². The van der Waals surface area contributed by atoms with Crippen molar-refractivity contribution in [2.24, 2.45) is 0 Å². The molecule has 160 valence electrons. The van der Waals surface area contributed by atoms with Crippen LogP contribution < -0.4 is 4.74 Å². The zero-order chi connectivity index (χ0) is 21.8. The molecule has 1 saturated heterocycles. The number of imidazole rings is 1. The maximum absolute atomic E-state index is 9.00. The highest BCUT2D eigenvalue weighted by Crippen LogP contribution is 2.26. The minimum Gasteiger partial charge on any atom is -0.476 e. The molecule has 6 nitrogen and oxygen atoms in total. The zero-order valence-electron chi connectivity index (χ0n) is 17.9. The number of fused-ring (bicyclic) bond motifs is 1. The van der Waals surface area contributed by atoms with Crippen molar-refractivity contribution < 1.29 is 4.74 Å². The lowest BCUT2D eigenvalue weighted by atomic mass is 10.1. The van der Waals surface area contributed by atoms with E-state index in [1.165, 1.54) is 32.4 Å². The van der Waals surface area contributed by atoms with E-state index in [-0.39, 0.29) is 0 Å². The van der Waals surface area contributed by atoms with Crippen LogP contribution in [0.15, 0.2) is 67.1 Å². The molecular formula is C26H25N5O. The van der Waals surface area contributed by atoms with Crippen LogP contribution in [0, 0.1) is 11.3 Å². The highest BCUT2D eigenvalue weighted by molar-refractivity contribution is 5.83. The first kappa shape index (κ1) is 20.2. The van der Waals surface area contributed by atoms with Crippen molar-refractivity contribution in [2.45, 2.75) is 19.3 Å². The smallest absolute Gasteiger partial charge is 0.213 e. The molecule has 1 fully saturated rings. The molecule has 32 heavy (non-hydrogen) atoms. The van der Waals surface area contributed by atoms with E-state index in [4.69, 9.17) is 10.00 Å². The number of nitriles is 1. The van der Waals surface area contributed by atoms with Gasteiger partial charge in [0.25, 0.3) is 0 Å². The van der Waals surface area contributed by atoms with Crippen LogP contribution in [-0.4, -0.2) is 45.7 Å². The lowest BCUT2D eigenvalue weighted by molar-refractivity contribution is 0.180. The van der Waals surface area contributed by atoms with Gasteiger partial charge in [-0.2, -0.15) is 5.26 Å². The minimum atomic E-state index is 0.645. The highest BCUT2D eigenvalue weighted by Gasteiger charge is 2.10. The Morgan fingerprint density at radius 1 is 0.906 bits per heavy atom. The van der Waals surface area contributed by atoms with Crippen LogP contribution in [0.2, 0.25) is 0 Å². The van der Waals surface area contributed by atoms with Crippen LogP contribution in [0.3, 0.4) is 0 Å². The topological polar surface area (TPSA) is 67.0 Å². The summed E-state index contributed by atoms with van der Waals surface area (Å²) in [5, 5.41) is 9.00. The fourth-order valence-corrected chi connectivity index (χ4v) is 4.19. The van der Waals surface area contributed by atoms with E-state index in [1.807, 2.05) is 53.5 Å². The van der Waals surface area contributed by atoms with E-state index in [2.05, 4.69) is 39.1 Å². The van der Waals surface area contributed by atoms with E-state index in [0.717, 1.165) is 34.4 Å². The van der Waals surface area contributed by atoms with Crippen molar-refractivity contribution in [1.29, 1.82) is 5.26 Å².